The Morgan fingerprint density at radius 2 is 2.21 bits per heavy atom. The van der Waals surface area contributed by atoms with E-state index in [9.17, 15) is 5.11 Å². The highest BCUT2D eigenvalue weighted by molar-refractivity contribution is 5.24. The van der Waals surface area contributed by atoms with E-state index in [0.717, 1.165) is 30.6 Å². The maximum Gasteiger partial charge on any atom is 0.0837 e. The number of aliphatic hydroxyl groups is 1. The summed E-state index contributed by atoms with van der Waals surface area (Å²) in [5.41, 5.74) is 2.19. The highest BCUT2D eigenvalue weighted by Gasteiger charge is 2.42. The lowest BCUT2D eigenvalue weighted by Gasteiger charge is -2.40. The lowest BCUT2D eigenvalue weighted by atomic mass is 9.79. The fourth-order valence-electron chi connectivity index (χ4n) is 3.74. The molecule has 0 radical (unpaired) electrons. The van der Waals surface area contributed by atoms with Crippen molar-refractivity contribution in [2.45, 2.75) is 57.2 Å². The third-order valence-corrected chi connectivity index (χ3v) is 4.89. The largest absolute Gasteiger partial charge is 0.388 e. The predicted molar refractivity (Wildman–Crippen MR) is 73.8 cm³/mol. The monoisotopic (exact) mass is 261 g/mol. The molecule has 1 saturated heterocycles. The van der Waals surface area contributed by atoms with E-state index >= 15 is 0 Å². The van der Waals surface area contributed by atoms with E-state index in [4.69, 9.17) is 4.74 Å². The second-order valence-corrected chi connectivity index (χ2v) is 6.17. The molecule has 0 bridgehead atoms. The molecule has 2 unspecified atom stereocenters. The van der Waals surface area contributed by atoms with Crippen molar-refractivity contribution in [1.82, 2.24) is 4.98 Å². The fourth-order valence-corrected chi connectivity index (χ4v) is 3.74. The highest BCUT2D eigenvalue weighted by atomic mass is 16.5. The van der Waals surface area contributed by atoms with Crippen LogP contribution in [0.5, 0.6) is 0 Å². The molecule has 1 N–H and O–H groups in total. The first kappa shape index (κ1) is 13.1. The normalized spacial score (nSPS) is 27.6. The Hall–Kier alpha value is -0.930. The summed E-state index contributed by atoms with van der Waals surface area (Å²) in [5, 5.41) is 10.7. The molecule has 1 aromatic heterocycles. The van der Waals surface area contributed by atoms with Crippen LogP contribution >= 0.6 is 0 Å². The first-order valence-corrected chi connectivity index (χ1v) is 7.43. The molecule has 1 aromatic rings. The summed E-state index contributed by atoms with van der Waals surface area (Å²) in [6, 6.07) is 1.98. The molecular weight excluding hydrogens is 238 g/mol. The van der Waals surface area contributed by atoms with Gasteiger partial charge < -0.3 is 9.84 Å². The summed E-state index contributed by atoms with van der Waals surface area (Å²) in [6.07, 6.45) is 10.0. The Morgan fingerprint density at radius 3 is 2.95 bits per heavy atom. The summed E-state index contributed by atoms with van der Waals surface area (Å²) in [5.74, 6) is 0.315. The second-order valence-electron chi connectivity index (χ2n) is 6.17. The standard InChI is InChI=1S/C16H23NO2/c1-12-4-8-17-11-14(12)15(18)13-5-9-19-16(10-13)6-2-3-7-16/h4,8,11,13,15,18H,2-3,5-7,9-10H2,1H3. The van der Waals surface area contributed by atoms with Gasteiger partial charge in [0.2, 0.25) is 0 Å². The third kappa shape index (κ3) is 2.54. The van der Waals surface area contributed by atoms with Crippen molar-refractivity contribution in [3.8, 4) is 0 Å². The topological polar surface area (TPSA) is 42.4 Å². The molecule has 1 aliphatic carbocycles. The van der Waals surface area contributed by atoms with Gasteiger partial charge in [-0.25, -0.2) is 0 Å². The van der Waals surface area contributed by atoms with E-state index in [1.165, 1.54) is 25.7 Å². The average molecular weight is 261 g/mol. The van der Waals surface area contributed by atoms with Gasteiger partial charge in [-0.05, 0) is 50.2 Å². The summed E-state index contributed by atoms with van der Waals surface area (Å²) in [4.78, 5) is 4.16. The minimum Gasteiger partial charge on any atom is -0.388 e. The number of pyridine rings is 1. The number of ether oxygens (including phenoxy) is 1. The van der Waals surface area contributed by atoms with E-state index in [2.05, 4.69) is 4.98 Å². The molecule has 2 fully saturated rings. The number of aryl methyl sites for hydroxylation is 1. The molecule has 1 spiro atoms. The molecule has 19 heavy (non-hydrogen) atoms. The molecule has 2 atom stereocenters. The van der Waals surface area contributed by atoms with Crippen molar-refractivity contribution in [2.75, 3.05) is 6.61 Å². The Kier molecular flexibility index (Phi) is 3.59. The summed E-state index contributed by atoms with van der Waals surface area (Å²) in [7, 11) is 0. The average Bonchev–Trinajstić information content (AvgIpc) is 2.86. The molecular formula is C16H23NO2. The van der Waals surface area contributed by atoms with Crippen LogP contribution in [0.25, 0.3) is 0 Å². The van der Waals surface area contributed by atoms with Crippen LogP contribution in [-0.4, -0.2) is 22.3 Å². The summed E-state index contributed by atoms with van der Waals surface area (Å²) in [6.45, 7) is 2.84. The van der Waals surface area contributed by atoms with Gasteiger partial charge >= 0.3 is 0 Å². The molecule has 0 aromatic carbocycles. The molecule has 104 valence electrons. The number of aliphatic hydroxyl groups excluding tert-OH is 1. The number of aromatic nitrogens is 1. The molecule has 2 heterocycles. The van der Waals surface area contributed by atoms with Crippen molar-refractivity contribution in [2.24, 2.45) is 5.92 Å². The van der Waals surface area contributed by atoms with E-state index in [-0.39, 0.29) is 5.60 Å². The molecule has 2 aliphatic rings. The van der Waals surface area contributed by atoms with Gasteiger partial charge in [-0.15, -0.1) is 0 Å². The first-order valence-electron chi connectivity index (χ1n) is 7.43. The highest BCUT2D eigenvalue weighted by Crippen LogP contribution is 2.45. The smallest absolute Gasteiger partial charge is 0.0837 e. The number of hydrogen-bond donors (Lipinski definition) is 1. The zero-order valence-electron chi connectivity index (χ0n) is 11.6. The van der Waals surface area contributed by atoms with Crippen molar-refractivity contribution in [3.05, 3.63) is 29.6 Å². The molecule has 1 saturated carbocycles. The lowest BCUT2D eigenvalue weighted by Crippen LogP contribution is -2.39. The van der Waals surface area contributed by atoms with Gasteiger partial charge in [-0.1, -0.05) is 12.8 Å². The van der Waals surface area contributed by atoms with E-state index in [1.54, 1.807) is 6.20 Å². The van der Waals surface area contributed by atoms with Gasteiger partial charge in [-0.3, -0.25) is 4.98 Å². The van der Waals surface area contributed by atoms with Crippen LogP contribution in [0.3, 0.4) is 0 Å². The Labute approximate surface area is 115 Å². The lowest BCUT2D eigenvalue weighted by molar-refractivity contribution is -0.113. The minimum absolute atomic E-state index is 0.0695. The van der Waals surface area contributed by atoms with Crippen LogP contribution in [0, 0.1) is 12.8 Å². The minimum atomic E-state index is -0.393. The Morgan fingerprint density at radius 1 is 1.42 bits per heavy atom. The SMILES string of the molecule is Cc1ccncc1C(O)C1CCOC2(CCCC2)C1. The Bertz CT molecular complexity index is 440. The first-order chi connectivity index (χ1) is 9.20. The van der Waals surface area contributed by atoms with Crippen molar-refractivity contribution >= 4 is 0 Å². The van der Waals surface area contributed by atoms with Gasteiger partial charge in [0.1, 0.15) is 0 Å². The van der Waals surface area contributed by atoms with Crippen LogP contribution in [0.2, 0.25) is 0 Å². The summed E-state index contributed by atoms with van der Waals surface area (Å²) < 4.78 is 6.05. The van der Waals surface area contributed by atoms with E-state index in [0.29, 0.717) is 5.92 Å². The Balaban J connectivity index is 1.76. The number of nitrogens with zero attached hydrogens (tertiary/aromatic N) is 1. The van der Waals surface area contributed by atoms with Gasteiger partial charge in [0, 0.05) is 24.6 Å². The van der Waals surface area contributed by atoms with Gasteiger partial charge in [0.05, 0.1) is 11.7 Å². The maximum atomic E-state index is 10.7. The zero-order valence-corrected chi connectivity index (χ0v) is 11.6. The van der Waals surface area contributed by atoms with Gasteiger partial charge in [-0.2, -0.15) is 0 Å². The third-order valence-electron chi connectivity index (χ3n) is 4.89. The van der Waals surface area contributed by atoms with E-state index in [1.807, 2.05) is 19.2 Å². The van der Waals surface area contributed by atoms with Crippen molar-refractivity contribution in [1.29, 1.82) is 0 Å². The van der Waals surface area contributed by atoms with E-state index < -0.39 is 6.10 Å². The second kappa shape index (κ2) is 5.22. The van der Waals surface area contributed by atoms with Crippen LogP contribution in [0.1, 0.15) is 55.8 Å². The molecule has 3 nitrogen and oxygen atoms in total. The molecule has 3 heteroatoms. The number of hydrogen-bond acceptors (Lipinski definition) is 3. The van der Waals surface area contributed by atoms with Gasteiger partial charge in [0.25, 0.3) is 0 Å². The predicted octanol–water partition coefficient (Wildman–Crippen LogP) is 3.16. The van der Waals surface area contributed by atoms with Crippen LogP contribution in [0.15, 0.2) is 18.5 Å². The van der Waals surface area contributed by atoms with Crippen molar-refractivity contribution in [3.63, 3.8) is 0 Å². The quantitative estimate of drug-likeness (QED) is 0.889. The zero-order chi connectivity index (χ0) is 13.3. The summed E-state index contributed by atoms with van der Waals surface area (Å²) >= 11 is 0. The number of rotatable bonds is 2. The molecule has 3 rings (SSSR count). The maximum absolute atomic E-state index is 10.7. The van der Waals surface area contributed by atoms with Crippen molar-refractivity contribution < 1.29 is 9.84 Å². The van der Waals surface area contributed by atoms with Gasteiger partial charge in [0.15, 0.2) is 0 Å². The van der Waals surface area contributed by atoms with Crippen LogP contribution in [-0.2, 0) is 4.74 Å². The molecule has 1 aliphatic heterocycles. The van der Waals surface area contributed by atoms with Crippen LogP contribution in [0.4, 0.5) is 0 Å². The van der Waals surface area contributed by atoms with Crippen LogP contribution < -0.4 is 0 Å². The fraction of sp³-hybridized carbons (Fsp3) is 0.688. The molecule has 0 amide bonds.